The fraction of sp³-hybridized carbons (Fsp3) is 0.562. The maximum atomic E-state index is 11.6. The molecular weight excluding hydrogens is 266 g/mol. The Kier molecular flexibility index (Phi) is 7.61. The van der Waals surface area contributed by atoms with Crippen molar-refractivity contribution in [3.05, 3.63) is 29.8 Å². The number of anilines is 1. The average molecular weight is 293 g/mol. The summed E-state index contributed by atoms with van der Waals surface area (Å²) in [5.41, 5.74) is 2.10. The van der Waals surface area contributed by atoms with Gasteiger partial charge in [-0.2, -0.15) is 0 Å². The third-order valence-corrected chi connectivity index (χ3v) is 3.07. The number of hydrogen-bond acceptors (Lipinski definition) is 3. The van der Waals surface area contributed by atoms with Crippen LogP contribution in [0.5, 0.6) is 0 Å². The Morgan fingerprint density at radius 3 is 2.71 bits per heavy atom. The lowest BCUT2D eigenvalue weighted by Gasteiger charge is -2.12. The van der Waals surface area contributed by atoms with Gasteiger partial charge in [0.05, 0.1) is 6.10 Å². The lowest BCUT2D eigenvalue weighted by atomic mass is 10.2. The van der Waals surface area contributed by atoms with E-state index in [1.54, 1.807) is 0 Å². The van der Waals surface area contributed by atoms with Crippen LogP contribution in [0.1, 0.15) is 39.2 Å². The molecule has 0 aliphatic heterocycles. The van der Waals surface area contributed by atoms with Crippen LogP contribution in [-0.2, 0) is 6.54 Å². The first kappa shape index (κ1) is 17.3. The van der Waals surface area contributed by atoms with Crippen molar-refractivity contribution in [2.24, 2.45) is 0 Å². The average Bonchev–Trinajstić information content (AvgIpc) is 2.44. The van der Waals surface area contributed by atoms with Gasteiger partial charge < -0.3 is 21.1 Å². The standard InChI is InChI=1S/C16H27N3O2/c1-4-15(20)8-9-17-16(21)18-11-13-6-5-7-14(10-13)19-12(2)3/h5-7,10,12,15,19-20H,4,8-9,11H2,1-3H3,(H2,17,18,21). The predicted molar refractivity (Wildman–Crippen MR) is 86.4 cm³/mol. The maximum Gasteiger partial charge on any atom is 0.315 e. The minimum atomic E-state index is -0.343. The molecule has 0 aliphatic rings. The number of nitrogens with one attached hydrogen (secondary N) is 3. The summed E-state index contributed by atoms with van der Waals surface area (Å²) in [5.74, 6) is 0. The van der Waals surface area contributed by atoms with Crippen molar-refractivity contribution in [3.63, 3.8) is 0 Å². The molecule has 0 aliphatic carbocycles. The minimum absolute atomic E-state index is 0.208. The number of aliphatic hydroxyl groups excluding tert-OH is 1. The van der Waals surface area contributed by atoms with E-state index in [0.29, 0.717) is 32.0 Å². The fourth-order valence-corrected chi connectivity index (χ4v) is 1.91. The second-order valence-corrected chi connectivity index (χ2v) is 5.46. The summed E-state index contributed by atoms with van der Waals surface area (Å²) in [6.45, 7) is 7.06. The zero-order valence-electron chi connectivity index (χ0n) is 13.1. The molecule has 1 unspecified atom stereocenters. The molecule has 0 saturated carbocycles. The Morgan fingerprint density at radius 2 is 2.05 bits per heavy atom. The number of hydrogen-bond donors (Lipinski definition) is 4. The highest BCUT2D eigenvalue weighted by molar-refractivity contribution is 5.73. The van der Waals surface area contributed by atoms with Gasteiger partial charge in [-0.15, -0.1) is 0 Å². The van der Waals surface area contributed by atoms with Crippen molar-refractivity contribution in [2.45, 2.75) is 52.3 Å². The van der Waals surface area contributed by atoms with Crippen molar-refractivity contribution in [2.75, 3.05) is 11.9 Å². The molecule has 21 heavy (non-hydrogen) atoms. The smallest absolute Gasteiger partial charge is 0.315 e. The number of carbonyl (C=O) groups excluding carboxylic acids is 1. The van der Waals surface area contributed by atoms with Gasteiger partial charge in [0, 0.05) is 24.8 Å². The van der Waals surface area contributed by atoms with Gasteiger partial charge in [-0.3, -0.25) is 0 Å². The molecule has 118 valence electrons. The van der Waals surface area contributed by atoms with Crippen LogP contribution in [0.2, 0.25) is 0 Å². The normalized spacial score (nSPS) is 12.0. The molecule has 0 radical (unpaired) electrons. The van der Waals surface area contributed by atoms with E-state index in [4.69, 9.17) is 0 Å². The lowest BCUT2D eigenvalue weighted by Crippen LogP contribution is -2.36. The van der Waals surface area contributed by atoms with Crippen LogP contribution >= 0.6 is 0 Å². The molecule has 1 atom stereocenters. The summed E-state index contributed by atoms with van der Waals surface area (Å²) in [6.07, 6.45) is 0.945. The quantitative estimate of drug-likeness (QED) is 0.595. The Balaban J connectivity index is 2.32. The lowest BCUT2D eigenvalue weighted by molar-refractivity contribution is 0.160. The van der Waals surface area contributed by atoms with Gasteiger partial charge in [0.15, 0.2) is 0 Å². The predicted octanol–water partition coefficient (Wildman–Crippen LogP) is 2.47. The van der Waals surface area contributed by atoms with Crippen molar-refractivity contribution in [1.82, 2.24) is 10.6 Å². The Morgan fingerprint density at radius 1 is 1.29 bits per heavy atom. The van der Waals surface area contributed by atoms with Gasteiger partial charge in [-0.1, -0.05) is 19.1 Å². The number of aliphatic hydroxyl groups is 1. The van der Waals surface area contributed by atoms with E-state index in [2.05, 4.69) is 29.8 Å². The molecule has 4 N–H and O–H groups in total. The van der Waals surface area contributed by atoms with Gasteiger partial charge in [-0.05, 0) is 44.4 Å². The van der Waals surface area contributed by atoms with Crippen molar-refractivity contribution >= 4 is 11.7 Å². The van der Waals surface area contributed by atoms with Gasteiger partial charge in [0.2, 0.25) is 0 Å². The van der Waals surface area contributed by atoms with Gasteiger partial charge in [0.1, 0.15) is 0 Å². The molecule has 1 aromatic rings. The van der Waals surface area contributed by atoms with E-state index in [-0.39, 0.29) is 12.1 Å². The monoisotopic (exact) mass is 293 g/mol. The largest absolute Gasteiger partial charge is 0.393 e. The summed E-state index contributed by atoms with van der Waals surface area (Å²) in [6, 6.07) is 8.16. The van der Waals surface area contributed by atoms with Crippen LogP contribution in [0.3, 0.4) is 0 Å². The van der Waals surface area contributed by atoms with Gasteiger partial charge in [0.25, 0.3) is 0 Å². The first-order chi connectivity index (χ1) is 10.0. The molecule has 1 aromatic carbocycles. The number of carbonyl (C=O) groups is 1. The molecule has 0 spiro atoms. The molecule has 0 fully saturated rings. The summed E-state index contributed by atoms with van der Waals surface area (Å²) < 4.78 is 0. The molecule has 0 saturated heterocycles. The highest BCUT2D eigenvalue weighted by Gasteiger charge is 2.04. The number of urea groups is 1. The van der Waals surface area contributed by atoms with Crippen molar-refractivity contribution in [1.29, 1.82) is 0 Å². The Hall–Kier alpha value is -1.75. The summed E-state index contributed by atoms with van der Waals surface area (Å²) in [5, 5.41) is 18.3. The second kappa shape index (κ2) is 9.23. The molecule has 2 amide bonds. The van der Waals surface area contributed by atoms with Gasteiger partial charge >= 0.3 is 6.03 Å². The molecule has 0 bridgehead atoms. The second-order valence-electron chi connectivity index (χ2n) is 5.46. The van der Waals surface area contributed by atoms with Crippen LogP contribution < -0.4 is 16.0 Å². The summed E-state index contributed by atoms with van der Waals surface area (Å²) in [4.78, 5) is 11.6. The summed E-state index contributed by atoms with van der Waals surface area (Å²) in [7, 11) is 0. The fourth-order valence-electron chi connectivity index (χ4n) is 1.91. The topological polar surface area (TPSA) is 73.4 Å². The molecule has 0 heterocycles. The zero-order valence-corrected chi connectivity index (χ0v) is 13.1. The number of amides is 2. The van der Waals surface area contributed by atoms with Crippen molar-refractivity contribution in [3.8, 4) is 0 Å². The first-order valence-corrected chi connectivity index (χ1v) is 7.56. The number of benzene rings is 1. The third-order valence-electron chi connectivity index (χ3n) is 3.07. The van der Waals surface area contributed by atoms with Crippen LogP contribution in [0.15, 0.2) is 24.3 Å². The highest BCUT2D eigenvalue weighted by Crippen LogP contribution is 2.11. The highest BCUT2D eigenvalue weighted by atomic mass is 16.3. The summed E-state index contributed by atoms with van der Waals surface area (Å²) >= 11 is 0. The molecule has 5 heteroatoms. The van der Waals surface area contributed by atoms with E-state index in [1.165, 1.54) is 0 Å². The maximum absolute atomic E-state index is 11.6. The molecular formula is C16H27N3O2. The van der Waals surface area contributed by atoms with E-state index in [9.17, 15) is 9.90 Å². The van der Waals surface area contributed by atoms with Crippen molar-refractivity contribution < 1.29 is 9.90 Å². The van der Waals surface area contributed by atoms with E-state index in [1.807, 2.05) is 31.2 Å². The Bertz CT molecular complexity index is 435. The minimum Gasteiger partial charge on any atom is -0.393 e. The van der Waals surface area contributed by atoms with Crippen LogP contribution in [0.4, 0.5) is 10.5 Å². The van der Waals surface area contributed by atoms with Crippen LogP contribution in [-0.4, -0.2) is 29.8 Å². The third kappa shape index (κ3) is 7.56. The van der Waals surface area contributed by atoms with Crippen LogP contribution in [0, 0.1) is 0 Å². The Labute approximate surface area is 127 Å². The van der Waals surface area contributed by atoms with E-state index < -0.39 is 0 Å². The first-order valence-electron chi connectivity index (χ1n) is 7.56. The number of rotatable bonds is 8. The molecule has 5 nitrogen and oxygen atoms in total. The van der Waals surface area contributed by atoms with E-state index >= 15 is 0 Å². The molecule has 0 aromatic heterocycles. The SMILES string of the molecule is CCC(O)CCNC(=O)NCc1cccc(NC(C)C)c1. The zero-order chi connectivity index (χ0) is 15.7. The molecule has 1 rings (SSSR count). The van der Waals surface area contributed by atoms with E-state index in [0.717, 1.165) is 11.3 Å². The van der Waals surface area contributed by atoms with Crippen LogP contribution in [0.25, 0.3) is 0 Å². The van der Waals surface area contributed by atoms with Gasteiger partial charge in [-0.25, -0.2) is 4.79 Å².